The summed E-state index contributed by atoms with van der Waals surface area (Å²) in [5.74, 6) is 2.53. The monoisotopic (exact) mass is 327 g/mol. The highest BCUT2D eigenvalue weighted by Crippen LogP contribution is 2.44. The Kier molecular flexibility index (Phi) is 4.69. The highest BCUT2D eigenvalue weighted by molar-refractivity contribution is 7.99. The second-order valence-electron chi connectivity index (χ2n) is 6.11. The van der Waals surface area contributed by atoms with Crippen molar-refractivity contribution in [3.63, 3.8) is 0 Å². The van der Waals surface area contributed by atoms with E-state index in [1.54, 1.807) is 12.1 Å². The van der Waals surface area contributed by atoms with Gasteiger partial charge in [-0.05, 0) is 55.2 Å². The molecular weight excluding hydrogens is 306 g/mol. The number of anilines is 1. The molecule has 2 fully saturated rings. The number of nitrogen functional groups attached to an aromatic ring is 1. The lowest BCUT2D eigenvalue weighted by Gasteiger charge is -2.44. The molecule has 0 bridgehead atoms. The molecule has 1 spiro atoms. The quantitative estimate of drug-likeness (QED) is 0.814. The molecular formula is C16H22ClNO2S. The third-order valence-corrected chi connectivity index (χ3v) is 5.97. The molecule has 3 rings (SSSR count). The van der Waals surface area contributed by atoms with Gasteiger partial charge in [-0.2, -0.15) is 11.8 Å². The summed E-state index contributed by atoms with van der Waals surface area (Å²) in [6.45, 7) is 0.736. The number of aliphatic hydroxyl groups excluding tert-OH is 1. The number of rotatable bonds is 2. The zero-order chi connectivity index (χ0) is 14.9. The van der Waals surface area contributed by atoms with Crippen molar-refractivity contribution in [2.24, 2.45) is 5.92 Å². The van der Waals surface area contributed by atoms with Crippen LogP contribution in [0.25, 0.3) is 0 Å². The molecule has 1 aromatic carbocycles. The Morgan fingerprint density at radius 1 is 1.38 bits per heavy atom. The Hall–Kier alpha value is -0.420. The number of thioether (sulfide) groups is 1. The topological polar surface area (TPSA) is 55.5 Å². The maximum atomic E-state index is 10.7. The van der Waals surface area contributed by atoms with Crippen LogP contribution in [0.1, 0.15) is 37.4 Å². The van der Waals surface area contributed by atoms with E-state index in [0.29, 0.717) is 10.7 Å². The van der Waals surface area contributed by atoms with Gasteiger partial charge >= 0.3 is 0 Å². The Bertz CT molecular complexity index is 500. The average Bonchev–Trinajstić information content (AvgIpc) is 2.47. The van der Waals surface area contributed by atoms with Crippen molar-refractivity contribution in [1.29, 1.82) is 0 Å². The van der Waals surface area contributed by atoms with Crippen LogP contribution in [0, 0.1) is 5.92 Å². The molecule has 0 aromatic heterocycles. The van der Waals surface area contributed by atoms with Gasteiger partial charge in [-0.3, -0.25) is 0 Å². The minimum Gasteiger partial charge on any atom is -0.398 e. The van der Waals surface area contributed by atoms with Crippen LogP contribution in [0.15, 0.2) is 18.2 Å². The molecule has 2 aliphatic rings. The van der Waals surface area contributed by atoms with Crippen LogP contribution in [-0.2, 0) is 4.74 Å². The first kappa shape index (κ1) is 15.5. The molecule has 0 aliphatic carbocycles. The first-order valence-corrected chi connectivity index (χ1v) is 9.08. The van der Waals surface area contributed by atoms with Crippen molar-refractivity contribution in [2.75, 3.05) is 23.8 Å². The van der Waals surface area contributed by atoms with Crippen LogP contribution < -0.4 is 5.73 Å². The predicted molar refractivity (Wildman–Crippen MR) is 88.8 cm³/mol. The van der Waals surface area contributed by atoms with Gasteiger partial charge in [0.2, 0.25) is 0 Å². The highest BCUT2D eigenvalue weighted by atomic mass is 35.5. The fourth-order valence-corrected chi connectivity index (χ4v) is 4.91. The molecule has 0 amide bonds. The van der Waals surface area contributed by atoms with Gasteiger partial charge in [0.05, 0.1) is 11.7 Å². The Morgan fingerprint density at radius 3 is 2.86 bits per heavy atom. The standard InChI is InChI=1S/C16H22ClNO2S/c17-12-1-2-13(14(18)9-12)15(19)11-3-6-20-16(10-11)4-7-21-8-5-16/h1-2,9,11,15,19H,3-8,10,18H2. The SMILES string of the molecule is Nc1cc(Cl)ccc1C(O)C1CCOC2(CCSCC2)C1. The normalized spacial score (nSPS) is 26.7. The van der Waals surface area contributed by atoms with E-state index in [2.05, 4.69) is 0 Å². The van der Waals surface area contributed by atoms with Gasteiger partial charge in [-0.1, -0.05) is 17.7 Å². The molecule has 21 heavy (non-hydrogen) atoms. The van der Waals surface area contributed by atoms with Gasteiger partial charge in [0.1, 0.15) is 0 Å². The van der Waals surface area contributed by atoms with E-state index in [-0.39, 0.29) is 11.5 Å². The molecule has 116 valence electrons. The molecule has 2 unspecified atom stereocenters. The maximum Gasteiger partial charge on any atom is 0.0839 e. The number of hydrogen-bond acceptors (Lipinski definition) is 4. The van der Waals surface area contributed by atoms with Crippen LogP contribution >= 0.6 is 23.4 Å². The summed E-state index contributed by atoms with van der Waals surface area (Å²) in [5, 5.41) is 11.4. The molecule has 2 aliphatic heterocycles. The summed E-state index contributed by atoms with van der Waals surface area (Å²) in [5.41, 5.74) is 7.38. The summed E-state index contributed by atoms with van der Waals surface area (Å²) < 4.78 is 6.10. The van der Waals surface area contributed by atoms with Gasteiger partial charge in [-0.15, -0.1) is 0 Å². The lowest BCUT2D eigenvalue weighted by atomic mass is 9.78. The van der Waals surface area contributed by atoms with E-state index in [1.807, 2.05) is 17.8 Å². The summed E-state index contributed by atoms with van der Waals surface area (Å²) in [4.78, 5) is 0. The first-order valence-electron chi connectivity index (χ1n) is 7.54. The predicted octanol–water partition coefficient (Wildman–Crippen LogP) is 3.65. The van der Waals surface area contributed by atoms with Crippen molar-refractivity contribution in [3.8, 4) is 0 Å². The van der Waals surface area contributed by atoms with Gasteiger partial charge in [0.15, 0.2) is 0 Å². The van der Waals surface area contributed by atoms with Crippen LogP contribution in [0.5, 0.6) is 0 Å². The summed E-state index contributed by atoms with van der Waals surface area (Å²) >= 11 is 7.94. The molecule has 0 radical (unpaired) electrons. The number of benzene rings is 1. The van der Waals surface area contributed by atoms with E-state index in [9.17, 15) is 5.11 Å². The van der Waals surface area contributed by atoms with Crippen LogP contribution in [0.4, 0.5) is 5.69 Å². The van der Waals surface area contributed by atoms with Gasteiger partial charge in [0.25, 0.3) is 0 Å². The minimum atomic E-state index is -0.530. The lowest BCUT2D eigenvalue weighted by Crippen LogP contribution is -2.44. The molecule has 1 aromatic rings. The molecule has 2 heterocycles. The summed E-state index contributed by atoms with van der Waals surface area (Å²) in [6, 6.07) is 5.36. The third-order valence-electron chi connectivity index (χ3n) is 4.75. The summed E-state index contributed by atoms with van der Waals surface area (Å²) in [7, 11) is 0. The number of aliphatic hydroxyl groups is 1. The van der Waals surface area contributed by atoms with Crippen LogP contribution in [-0.4, -0.2) is 28.8 Å². The van der Waals surface area contributed by atoms with Crippen molar-refractivity contribution < 1.29 is 9.84 Å². The number of ether oxygens (including phenoxy) is 1. The van der Waals surface area contributed by atoms with Crippen molar-refractivity contribution in [1.82, 2.24) is 0 Å². The lowest BCUT2D eigenvalue weighted by molar-refractivity contribution is -0.121. The van der Waals surface area contributed by atoms with E-state index in [0.717, 1.165) is 49.4 Å². The first-order chi connectivity index (χ1) is 10.1. The van der Waals surface area contributed by atoms with E-state index in [4.69, 9.17) is 22.1 Å². The Balaban J connectivity index is 1.76. The molecule has 2 atom stereocenters. The number of hydrogen-bond donors (Lipinski definition) is 2. The Labute approximate surface area is 135 Å². The number of nitrogens with two attached hydrogens (primary N) is 1. The molecule has 3 nitrogen and oxygen atoms in total. The van der Waals surface area contributed by atoms with Crippen molar-refractivity contribution in [2.45, 2.75) is 37.4 Å². The van der Waals surface area contributed by atoms with E-state index in [1.165, 1.54) is 0 Å². The minimum absolute atomic E-state index is 0.0175. The second kappa shape index (κ2) is 6.37. The third kappa shape index (κ3) is 3.34. The average molecular weight is 328 g/mol. The van der Waals surface area contributed by atoms with E-state index >= 15 is 0 Å². The van der Waals surface area contributed by atoms with Gasteiger partial charge in [0, 0.05) is 22.9 Å². The fraction of sp³-hybridized carbons (Fsp3) is 0.625. The zero-order valence-electron chi connectivity index (χ0n) is 12.1. The van der Waals surface area contributed by atoms with Gasteiger partial charge < -0.3 is 15.6 Å². The van der Waals surface area contributed by atoms with Crippen LogP contribution in [0.2, 0.25) is 5.02 Å². The Morgan fingerprint density at radius 2 is 2.14 bits per heavy atom. The van der Waals surface area contributed by atoms with Crippen LogP contribution in [0.3, 0.4) is 0 Å². The smallest absolute Gasteiger partial charge is 0.0839 e. The fourth-order valence-electron chi connectivity index (χ4n) is 3.50. The zero-order valence-corrected chi connectivity index (χ0v) is 13.6. The second-order valence-corrected chi connectivity index (χ2v) is 7.78. The maximum absolute atomic E-state index is 10.7. The van der Waals surface area contributed by atoms with Crippen molar-refractivity contribution >= 4 is 29.1 Å². The van der Waals surface area contributed by atoms with Crippen molar-refractivity contribution in [3.05, 3.63) is 28.8 Å². The summed E-state index contributed by atoms with van der Waals surface area (Å²) in [6.07, 6.45) is 3.47. The number of halogens is 1. The molecule has 3 N–H and O–H groups in total. The molecule has 2 saturated heterocycles. The van der Waals surface area contributed by atoms with Gasteiger partial charge in [-0.25, -0.2) is 0 Å². The largest absolute Gasteiger partial charge is 0.398 e. The van der Waals surface area contributed by atoms with E-state index < -0.39 is 6.10 Å². The molecule has 0 saturated carbocycles. The highest BCUT2D eigenvalue weighted by Gasteiger charge is 2.41. The molecule has 5 heteroatoms.